The summed E-state index contributed by atoms with van der Waals surface area (Å²) in [7, 11) is 3.67. The molecule has 0 radical (unpaired) electrons. The highest BCUT2D eigenvalue weighted by Crippen LogP contribution is 2.20. The van der Waals surface area contributed by atoms with Gasteiger partial charge in [0, 0.05) is 52.4 Å². The number of likely N-dealkylation sites (tertiary alicyclic amines) is 1. The van der Waals surface area contributed by atoms with Crippen LogP contribution >= 0.6 is 0 Å². The summed E-state index contributed by atoms with van der Waals surface area (Å²) in [5, 5.41) is 7.13. The minimum atomic E-state index is -0.0200. The Balaban J connectivity index is 1.46. The lowest BCUT2D eigenvalue weighted by Gasteiger charge is -2.36. The van der Waals surface area contributed by atoms with Gasteiger partial charge in [0.25, 0.3) is 0 Å². The van der Waals surface area contributed by atoms with Gasteiger partial charge >= 0.3 is 6.03 Å². The van der Waals surface area contributed by atoms with Crippen LogP contribution in [0.3, 0.4) is 0 Å². The molecule has 0 bridgehead atoms. The van der Waals surface area contributed by atoms with Gasteiger partial charge in [-0.3, -0.25) is 14.4 Å². The predicted molar refractivity (Wildman–Crippen MR) is 90.8 cm³/mol. The Bertz CT molecular complexity index is 620. The number of hydrogen-bond acceptors (Lipinski definition) is 4. The van der Waals surface area contributed by atoms with Crippen LogP contribution in [0.2, 0.25) is 0 Å². The van der Waals surface area contributed by atoms with E-state index < -0.39 is 0 Å². The second-order valence-corrected chi connectivity index (χ2v) is 6.75. The molecule has 0 unspecified atom stereocenters. The predicted octanol–water partition coefficient (Wildman–Crippen LogP) is 0.499. The number of carbonyl (C=O) groups excluding carboxylic acids is 2. The molecule has 0 saturated carbocycles. The van der Waals surface area contributed by atoms with Crippen LogP contribution in [-0.4, -0.2) is 82.2 Å². The zero-order valence-corrected chi connectivity index (χ0v) is 14.7. The molecule has 1 N–H and O–H groups in total. The van der Waals surface area contributed by atoms with E-state index in [0.717, 1.165) is 50.5 Å². The maximum Gasteiger partial charge on any atom is 0.320 e. The molecule has 0 atom stereocenters. The van der Waals surface area contributed by atoms with Gasteiger partial charge in [-0.2, -0.15) is 5.10 Å². The molecule has 0 spiro atoms. The van der Waals surface area contributed by atoms with E-state index in [1.807, 2.05) is 32.0 Å². The van der Waals surface area contributed by atoms with Crippen molar-refractivity contribution in [2.24, 2.45) is 7.05 Å². The minimum absolute atomic E-state index is 0.0200. The van der Waals surface area contributed by atoms with Crippen LogP contribution in [-0.2, 0) is 11.8 Å². The monoisotopic (exact) mass is 334 g/mol. The van der Waals surface area contributed by atoms with Crippen molar-refractivity contribution >= 4 is 17.8 Å². The fourth-order valence-corrected chi connectivity index (χ4v) is 3.51. The molecule has 1 aromatic rings. The number of aromatic nitrogens is 2. The van der Waals surface area contributed by atoms with Gasteiger partial charge in [-0.25, -0.2) is 4.79 Å². The Morgan fingerprint density at radius 2 is 1.96 bits per heavy atom. The van der Waals surface area contributed by atoms with Crippen LogP contribution in [0, 0.1) is 6.92 Å². The highest BCUT2D eigenvalue weighted by atomic mass is 16.2. The first-order chi connectivity index (χ1) is 11.4. The van der Waals surface area contributed by atoms with Crippen LogP contribution < -0.4 is 5.32 Å². The van der Waals surface area contributed by atoms with E-state index in [4.69, 9.17) is 0 Å². The molecule has 132 valence electrons. The van der Waals surface area contributed by atoms with Gasteiger partial charge < -0.3 is 15.1 Å². The second kappa shape index (κ2) is 6.80. The number of aryl methyl sites for hydroxylation is 2. The summed E-state index contributed by atoms with van der Waals surface area (Å²) in [6, 6.07) is 2.30. The number of rotatable bonds is 4. The van der Waals surface area contributed by atoms with Gasteiger partial charge in [-0.05, 0) is 19.8 Å². The number of nitrogens with zero attached hydrogens (tertiary/aromatic N) is 5. The van der Waals surface area contributed by atoms with Crippen LogP contribution in [0.15, 0.2) is 6.07 Å². The zero-order chi connectivity index (χ0) is 17.3. The van der Waals surface area contributed by atoms with E-state index in [0.29, 0.717) is 12.6 Å². The molecule has 2 saturated heterocycles. The summed E-state index contributed by atoms with van der Waals surface area (Å²) in [6.07, 6.45) is 1.86. The Hall–Kier alpha value is -2.09. The molecule has 8 heteroatoms. The van der Waals surface area contributed by atoms with Crippen molar-refractivity contribution in [3.63, 3.8) is 0 Å². The topological polar surface area (TPSA) is 73.7 Å². The van der Waals surface area contributed by atoms with Crippen molar-refractivity contribution in [1.29, 1.82) is 0 Å². The van der Waals surface area contributed by atoms with E-state index in [2.05, 4.69) is 15.3 Å². The first kappa shape index (κ1) is 16.8. The number of anilines is 1. The summed E-state index contributed by atoms with van der Waals surface area (Å²) in [6.45, 7) is 5.60. The first-order valence-electron chi connectivity index (χ1n) is 8.48. The fourth-order valence-electron chi connectivity index (χ4n) is 3.51. The Kier molecular flexibility index (Phi) is 4.75. The van der Waals surface area contributed by atoms with E-state index in [1.54, 1.807) is 9.58 Å². The van der Waals surface area contributed by atoms with E-state index in [9.17, 15) is 9.59 Å². The van der Waals surface area contributed by atoms with Crippen molar-refractivity contribution in [2.45, 2.75) is 25.8 Å². The van der Waals surface area contributed by atoms with Crippen molar-refractivity contribution in [2.75, 3.05) is 45.1 Å². The largest absolute Gasteiger partial charge is 0.326 e. The van der Waals surface area contributed by atoms with E-state index in [-0.39, 0.29) is 11.9 Å². The Labute approximate surface area is 142 Å². The number of nitrogens with one attached hydrogen (secondary N) is 1. The normalized spacial score (nSPS) is 20.0. The molecule has 24 heavy (non-hydrogen) atoms. The molecule has 2 aliphatic heterocycles. The summed E-state index contributed by atoms with van der Waals surface area (Å²) < 4.78 is 1.68. The highest BCUT2D eigenvalue weighted by molar-refractivity contribution is 5.91. The van der Waals surface area contributed by atoms with Crippen LogP contribution in [0.4, 0.5) is 10.6 Å². The molecule has 0 aliphatic carbocycles. The molecular formula is C16H26N6O2. The molecule has 3 heterocycles. The lowest BCUT2D eigenvalue weighted by atomic mass is 10.0. The van der Waals surface area contributed by atoms with E-state index in [1.165, 1.54) is 0 Å². The van der Waals surface area contributed by atoms with Crippen LogP contribution in [0.25, 0.3) is 0 Å². The number of piperidine rings is 1. The van der Waals surface area contributed by atoms with E-state index >= 15 is 0 Å². The average Bonchev–Trinajstić information content (AvgIpc) is 3.03. The van der Waals surface area contributed by atoms with Gasteiger partial charge in [0.05, 0.1) is 12.2 Å². The van der Waals surface area contributed by atoms with Crippen LogP contribution in [0.1, 0.15) is 18.5 Å². The van der Waals surface area contributed by atoms with Gasteiger partial charge in [0.1, 0.15) is 5.82 Å². The number of carbonyl (C=O) groups is 2. The summed E-state index contributed by atoms with van der Waals surface area (Å²) in [4.78, 5) is 30.2. The molecular weight excluding hydrogens is 308 g/mol. The fraction of sp³-hybridized carbons (Fsp3) is 0.688. The summed E-state index contributed by atoms with van der Waals surface area (Å²) in [5.41, 5.74) is 0.883. The molecule has 0 aromatic carbocycles. The maximum absolute atomic E-state index is 12.2. The summed E-state index contributed by atoms with van der Waals surface area (Å²) in [5.74, 6) is 0.700. The molecule has 8 nitrogen and oxygen atoms in total. The molecule has 1 aromatic heterocycles. The summed E-state index contributed by atoms with van der Waals surface area (Å²) >= 11 is 0. The van der Waals surface area contributed by atoms with Crippen molar-refractivity contribution < 1.29 is 9.59 Å². The highest BCUT2D eigenvalue weighted by Gasteiger charge is 2.33. The standard InChI is InChI=1S/C16H26N6O2/c1-12-10-14(20(3)18-12)17-15(23)11-21-6-4-13(5-7-21)22-9-8-19(2)16(22)24/h10,13H,4-9,11H2,1-3H3,(H,17,23). The zero-order valence-electron chi connectivity index (χ0n) is 14.7. The maximum atomic E-state index is 12.2. The van der Waals surface area contributed by atoms with Gasteiger partial charge in [-0.1, -0.05) is 0 Å². The van der Waals surface area contributed by atoms with Crippen molar-refractivity contribution in [1.82, 2.24) is 24.5 Å². The third-order valence-electron chi connectivity index (χ3n) is 4.88. The Morgan fingerprint density at radius 1 is 1.25 bits per heavy atom. The molecule has 2 aliphatic rings. The smallest absolute Gasteiger partial charge is 0.320 e. The molecule has 3 amide bonds. The lowest BCUT2D eigenvalue weighted by Crippen LogP contribution is -2.47. The van der Waals surface area contributed by atoms with Crippen molar-refractivity contribution in [3.8, 4) is 0 Å². The number of amides is 3. The third kappa shape index (κ3) is 3.53. The second-order valence-electron chi connectivity index (χ2n) is 6.75. The van der Waals surface area contributed by atoms with Crippen molar-refractivity contribution in [3.05, 3.63) is 11.8 Å². The number of hydrogen-bond donors (Lipinski definition) is 1. The van der Waals surface area contributed by atoms with Gasteiger partial charge in [0.15, 0.2) is 0 Å². The first-order valence-corrected chi connectivity index (χ1v) is 8.48. The number of likely N-dealkylation sites (N-methyl/N-ethyl adjacent to an activating group) is 1. The quantitative estimate of drug-likeness (QED) is 0.870. The molecule has 3 rings (SSSR count). The van der Waals surface area contributed by atoms with Gasteiger partial charge in [0.2, 0.25) is 5.91 Å². The average molecular weight is 334 g/mol. The minimum Gasteiger partial charge on any atom is -0.326 e. The molecule has 2 fully saturated rings. The lowest BCUT2D eigenvalue weighted by molar-refractivity contribution is -0.117. The van der Waals surface area contributed by atoms with Crippen LogP contribution in [0.5, 0.6) is 0 Å². The Morgan fingerprint density at radius 3 is 2.50 bits per heavy atom. The third-order valence-corrected chi connectivity index (χ3v) is 4.88. The van der Waals surface area contributed by atoms with Gasteiger partial charge in [-0.15, -0.1) is 0 Å². The SMILES string of the molecule is Cc1cc(NC(=O)CN2CCC(N3CCN(C)C3=O)CC2)n(C)n1. The number of urea groups is 1.